The fraction of sp³-hybridized carbons (Fsp3) is 1.00. The zero-order valence-corrected chi connectivity index (χ0v) is 8.57. The van der Waals surface area contributed by atoms with E-state index in [1.807, 2.05) is 13.8 Å². The van der Waals surface area contributed by atoms with Gasteiger partial charge < -0.3 is 4.74 Å². The summed E-state index contributed by atoms with van der Waals surface area (Å²) in [5, 5.41) is 0. The molecule has 1 fully saturated rings. The minimum atomic E-state index is -2.53. The van der Waals surface area contributed by atoms with E-state index in [1.54, 1.807) is 0 Å². The summed E-state index contributed by atoms with van der Waals surface area (Å²) in [4.78, 5) is 0. The predicted molar refractivity (Wildman–Crippen MR) is 48.0 cm³/mol. The van der Waals surface area contributed by atoms with E-state index in [2.05, 4.69) is 0 Å². The highest BCUT2D eigenvalue weighted by Gasteiger charge is 2.58. The van der Waals surface area contributed by atoms with Gasteiger partial charge >= 0.3 is 0 Å². The van der Waals surface area contributed by atoms with Gasteiger partial charge in [0.1, 0.15) is 0 Å². The van der Waals surface area contributed by atoms with Crippen molar-refractivity contribution in [2.45, 2.75) is 52.1 Å². The number of halogens is 2. The molecule has 13 heavy (non-hydrogen) atoms. The van der Waals surface area contributed by atoms with Crippen LogP contribution in [-0.2, 0) is 4.74 Å². The fourth-order valence-electron chi connectivity index (χ4n) is 1.55. The predicted octanol–water partition coefficient (Wildman–Crippen LogP) is 3.24. The number of rotatable bonds is 5. The van der Waals surface area contributed by atoms with E-state index in [9.17, 15) is 8.78 Å². The van der Waals surface area contributed by atoms with E-state index in [1.165, 1.54) is 0 Å². The molecule has 0 spiro atoms. The molecule has 1 aliphatic rings. The maximum absolute atomic E-state index is 13.0. The first-order chi connectivity index (χ1) is 5.87. The Morgan fingerprint density at radius 1 is 1.38 bits per heavy atom. The first-order valence-electron chi connectivity index (χ1n) is 4.87. The number of alkyl halides is 2. The van der Waals surface area contributed by atoms with Crippen molar-refractivity contribution in [3.63, 3.8) is 0 Å². The molecule has 0 aromatic rings. The molecule has 0 radical (unpaired) electrons. The molecule has 1 aliphatic carbocycles. The van der Waals surface area contributed by atoms with E-state index in [0.29, 0.717) is 25.9 Å². The SMILES string of the molecule is CC(C)OCCC1(C(C)(F)F)CC1. The highest BCUT2D eigenvalue weighted by molar-refractivity contribution is 5.01. The van der Waals surface area contributed by atoms with Crippen molar-refractivity contribution in [3.8, 4) is 0 Å². The molecule has 1 saturated carbocycles. The van der Waals surface area contributed by atoms with Gasteiger partial charge in [0.25, 0.3) is 5.92 Å². The van der Waals surface area contributed by atoms with Gasteiger partial charge in [0, 0.05) is 12.0 Å². The van der Waals surface area contributed by atoms with Crippen molar-refractivity contribution >= 4 is 0 Å². The van der Waals surface area contributed by atoms with Gasteiger partial charge in [0.15, 0.2) is 0 Å². The first kappa shape index (κ1) is 10.9. The molecule has 0 aromatic carbocycles. The Morgan fingerprint density at radius 2 is 1.92 bits per heavy atom. The van der Waals surface area contributed by atoms with Crippen LogP contribution in [0.1, 0.15) is 40.0 Å². The van der Waals surface area contributed by atoms with Crippen LogP contribution in [0, 0.1) is 5.41 Å². The van der Waals surface area contributed by atoms with Crippen LogP contribution in [-0.4, -0.2) is 18.6 Å². The molecule has 0 aliphatic heterocycles. The lowest BCUT2D eigenvalue weighted by Crippen LogP contribution is -2.27. The fourth-order valence-corrected chi connectivity index (χ4v) is 1.55. The molecular formula is C10H18F2O. The van der Waals surface area contributed by atoms with E-state index >= 15 is 0 Å². The van der Waals surface area contributed by atoms with Crippen LogP contribution in [0.4, 0.5) is 8.78 Å². The van der Waals surface area contributed by atoms with Gasteiger partial charge in [-0.25, -0.2) is 8.78 Å². The molecule has 0 saturated heterocycles. The van der Waals surface area contributed by atoms with Gasteiger partial charge in [-0.05, 0) is 40.0 Å². The molecule has 0 aromatic heterocycles. The average molecular weight is 192 g/mol. The van der Waals surface area contributed by atoms with Gasteiger partial charge in [0.2, 0.25) is 0 Å². The molecule has 0 bridgehead atoms. The Balaban J connectivity index is 2.29. The molecule has 0 N–H and O–H groups in total. The van der Waals surface area contributed by atoms with Gasteiger partial charge in [-0.3, -0.25) is 0 Å². The molecule has 0 amide bonds. The summed E-state index contributed by atoms with van der Waals surface area (Å²) in [7, 11) is 0. The first-order valence-corrected chi connectivity index (χ1v) is 4.87. The molecule has 78 valence electrons. The summed E-state index contributed by atoms with van der Waals surface area (Å²) < 4.78 is 31.3. The molecule has 1 rings (SSSR count). The van der Waals surface area contributed by atoms with Crippen LogP contribution in [0.2, 0.25) is 0 Å². The van der Waals surface area contributed by atoms with E-state index in [-0.39, 0.29) is 6.10 Å². The van der Waals surface area contributed by atoms with E-state index in [0.717, 1.165) is 6.92 Å². The van der Waals surface area contributed by atoms with Gasteiger partial charge in [0.05, 0.1) is 6.10 Å². The molecule has 3 heteroatoms. The van der Waals surface area contributed by atoms with Crippen molar-refractivity contribution in [1.82, 2.24) is 0 Å². The summed E-state index contributed by atoms with van der Waals surface area (Å²) in [6.45, 7) is 5.32. The minimum Gasteiger partial charge on any atom is -0.379 e. The van der Waals surface area contributed by atoms with Crippen LogP contribution in [0.3, 0.4) is 0 Å². The van der Waals surface area contributed by atoms with Gasteiger partial charge in [-0.1, -0.05) is 0 Å². The number of ether oxygens (including phenoxy) is 1. The van der Waals surface area contributed by atoms with Crippen molar-refractivity contribution in [1.29, 1.82) is 0 Å². The second-order valence-corrected chi connectivity index (χ2v) is 4.34. The molecule has 1 nitrogen and oxygen atoms in total. The van der Waals surface area contributed by atoms with Gasteiger partial charge in [-0.15, -0.1) is 0 Å². The number of hydrogen-bond donors (Lipinski definition) is 0. The molecule has 0 atom stereocenters. The van der Waals surface area contributed by atoms with Crippen molar-refractivity contribution in [2.75, 3.05) is 6.61 Å². The number of hydrogen-bond acceptors (Lipinski definition) is 1. The summed E-state index contributed by atoms with van der Waals surface area (Å²) in [5.41, 5.74) is -0.734. The lowest BCUT2D eigenvalue weighted by molar-refractivity contribution is -0.0700. The largest absolute Gasteiger partial charge is 0.379 e. The Labute approximate surface area is 78.5 Å². The van der Waals surface area contributed by atoms with Crippen molar-refractivity contribution in [2.24, 2.45) is 5.41 Å². The van der Waals surface area contributed by atoms with Crippen LogP contribution in [0.15, 0.2) is 0 Å². The second-order valence-electron chi connectivity index (χ2n) is 4.34. The molecule has 0 heterocycles. The van der Waals surface area contributed by atoms with Gasteiger partial charge in [-0.2, -0.15) is 0 Å². The van der Waals surface area contributed by atoms with Crippen LogP contribution < -0.4 is 0 Å². The Kier molecular flexibility index (Phi) is 2.95. The summed E-state index contributed by atoms with van der Waals surface area (Å²) in [5.74, 6) is -2.53. The monoisotopic (exact) mass is 192 g/mol. The third-order valence-corrected chi connectivity index (χ3v) is 2.82. The lowest BCUT2D eigenvalue weighted by atomic mass is 9.96. The van der Waals surface area contributed by atoms with Crippen LogP contribution >= 0.6 is 0 Å². The summed E-state index contributed by atoms with van der Waals surface area (Å²) >= 11 is 0. The van der Waals surface area contributed by atoms with E-state index in [4.69, 9.17) is 4.74 Å². The Morgan fingerprint density at radius 3 is 2.23 bits per heavy atom. The minimum absolute atomic E-state index is 0.140. The van der Waals surface area contributed by atoms with Crippen molar-refractivity contribution in [3.05, 3.63) is 0 Å². The zero-order chi connectivity index (χ0) is 10.1. The third-order valence-electron chi connectivity index (χ3n) is 2.82. The van der Waals surface area contributed by atoms with Crippen molar-refractivity contribution < 1.29 is 13.5 Å². The highest BCUT2D eigenvalue weighted by atomic mass is 19.3. The molecular weight excluding hydrogens is 174 g/mol. The third kappa shape index (κ3) is 2.63. The average Bonchev–Trinajstić information content (AvgIpc) is 2.65. The normalized spacial score (nSPS) is 20.8. The lowest BCUT2D eigenvalue weighted by Gasteiger charge is -2.23. The Hall–Kier alpha value is -0.180. The highest BCUT2D eigenvalue weighted by Crippen LogP contribution is 2.59. The van der Waals surface area contributed by atoms with Crippen LogP contribution in [0.5, 0.6) is 0 Å². The standard InChI is InChI=1S/C10H18F2O/c1-8(2)13-7-6-10(4-5-10)9(3,11)12/h8H,4-7H2,1-3H3. The smallest absolute Gasteiger partial charge is 0.251 e. The maximum Gasteiger partial charge on any atom is 0.251 e. The summed E-state index contributed by atoms with van der Waals surface area (Å²) in [6.07, 6.45) is 1.94. The summed E-state index contributed by atoms with van der Waals surface area (Å²) in [6, 6.07) is 0. The second kappa shape index (κ2) is 3.52. The maximum atomic E-state index is 13.0. The molecule has 0 unspecified atom stereocenters. The van der Waals surface area contributed by atoms with E-state index < -0.39 is 11.3 Å². The zero-order valence-electron chi connectivity index (χ0n) is 8.57. The topological polar surface area (TPSA) is 9.23 Å². The van der Waals surface area contributed by atoms with Crippen LogP contribution in [0.25, 0.3) is 0 Å². The quantitative estimate of drug-likeness (QED) is 0.649. The Bertz CT molecular complexity index is 168.